The van der Waals surface area contributed by atoms with Crippen molar-refractivity contribution in [1.82, 2.24) is 4.90 Å². The summed E-state index contributed by atoms with van der Waals surface area (Å²) in [4.78, 5) is 17.6. The average molecular weight is 617 g/mol. The van der Waals surface area contributed by atoms with Crippen molar-refractivity contribution < 1.29 is 27.4 Å². The van der Waals surface area contributed by atoms with Gasteiger partial charge in [-0.3, -0.25) is 9.52 Å². The maximum atomic E-state index is 13.8. The summed E-state index contributed by atoms with van der Waals surface area (Å²) in [5.74, 6) is 1.75. The summed E-state index contributed by atoms with van der Waals surface area (Å²) < 4.78 is 46.2. The van der Waals surface area contributed by atoms with E-state index >= 15 is 0 Å². The van der Waals surface area contributed by atoms with Gasteiger partial charge in [0.25, 0.3) is 15.9 Å². The number of methoxy groups -OCH3 is 3. The Morgan fingerprint density at radius 3 is 2.20 bits per heavy atom. The number of carbonyl (C=O) groups excluding carboxylic acids is 1. The van der Waals surface area contributed by atoms with Gasteiger partial charge in [0.1, 0.15) is 22.1 Å². The Labute approximate surface area is 258 Å². The Morgan fingerprint density at radius 2 is 1.50 bits per heavy atom. The van der Waals surface area contributed by atoms with Crippen LogP contribution in [0, 0.1) is 0 Å². The highest BCUT2D eigenvalue weighted by Crippen LogP contribution is 2.29. The fraction of sp³-hybridized carbons (Fsp3) is 0.242. The van der Waals surface area contributed by atoms with Crippen LogP contribution in [0.5, 0.6) is 17.2 Å². The minimum absolute atomic E-state index is 0.0436. The Balaban J connectivity index is 1.39. The van der Waals surface area contributed by atoms with Gasteiger partial charge >= 0.3 is 0 Å². The molecule has 44 heavy (non-hydrogen) atoms. The predicted octanol–water partition coefficient (Wildman–Crippen LogP) is 5.09. The van der Waals surface area contributed by atoms with Crippen LogP contribution < -0.4 is 29.1 Å². The molecule has 0 bridgehead atoms. The number of hydrogen-bond donors (Lipinski definition) is 2. The van der Waals surface area contributed by atoms with Crippen LogP contribution >= 0.6 is 0 Å². The zero-order valence-corrected chi connectivity index (χ0v) is 25.8. The molecular weight excluding hydrogens is 580 g/mol. The predicted molar refractivity (Wildman–Crippen MR) is 172 cm³/mol. The number of carbonyl (C=O) groups is 1. The molecule has 4 aromatic rings. The molecule has 5 rings (SSSR count). The van der Waals surface area contributed by atoms with Gasteiger partial charge in [-0.1, -0.05) is 24.3 Å². The summed E-state index contributed by atoms with van der Waals surface area (Å²) >= 11 is 0. The lowest BCUT2D eigenvalue weighted by Gasteiger charge is -2.36. The molecule has 0 unspecified atom stereocenters. The third-order valence-corrected chi connectivity index (χ3v) is 8.93. The molecule has 10 nitrogen and oxygen atoms in total. The summed E-state index contributed by atoms with van der Waals surface area (Å²) in [6, 6.07) is 26.7. The van der Waals surface area contributed by atoms with Crippen molar-refractivity contribution in [3.05, 3.63) is 102 Å². The van der Waals surface area contributed by atoms with E-state index in [1.807, 2.05) is 48.5 Å². The summed E-state index contributed by atoms with van der Waals surface area (Å²) in [6.45, 7) is 2.62. The topological polar surface area (TPSA) is 109 Å². The molecule has 1 aliphatic rings. The fourth-order valence-electron chi connectivity index (χ4n) is 5.10. The highest BCUT2D eigenvalue weighted by molar-refractivity contribution is 7.92. The lowest BCUT2D eigenvalue weighted by molar-refractivity contribution is 0.0746. The zero-order chi connectivity index (χ0) is 31.1. The second kappa shape index (κ2) is 13.6. The van der Waals surface area contributed by atoms with Gasteiger partial charge in [-0.15, -0.1) is 0 Å². The quantitative estimate of drug-likeness (QED) is 0.240. The minimum atomic E-state index is -4.11. The van der Waals surface area contributed by atoms with Crippen LogP contribution in [0.1, 0.15) is 15.9 Å². The number of rotatable bonds is 11. The van der Waals surface area contributed by atoms with Crippen molar-refractivity contribution in [2.45, 2.75) is 11.4 Å². The molecule has 11 heteroatoms. The third-order valence-electron chi connectivity index (χ3n) is 7.51. The molecule has 0 atom stereocenters. The SMILES string of the molecule is COc1ccc(N2CCN(C(=O)c3ccc(NCc4ccccc4OC)c(S(=O)(=O)Nc4cccc(OC)c4)c3)CC2)cc1. The molecule has 0 spiro atoms. The van der Waals surface area contributed by atoms with Gasteiger partial charge in [0.15, 0.2) is 0 Å². The molecule has 4 aromatic carbocycles. The Kier molecular flexibility index (Phi) is 9.44. The lowest BCUT2D eigenvalue weighted by atomic mass is 10.1. The van der Waals surface area contributed by atoms with E-state index in [0.29, 0.717) is 55.6 Å². The van der Waals surface area contributed by atoms with E-state index in [-0.39, 0.29) is 16.4 Å². The van der Waals surface area contributed by atoms with Crippen LogP contribution in [-0.2, 0) is 16.6 Å². The largest absolute Gasteiger partial charge is 0.497 e. The van der Waals surface area contributed by atoms with E-state index in [1.54, 1.807) is 55.5 Å². The first-order chi connectivity index (χ1) is 21.3. The summed E-state index contributed by atoms with van der Waals surface area (Å²) in [5.41, 5.74) is 2.89. The smallest absolute Gasteiger partial charge is 0.263 e. The van der Waals surface area contributed by atoms with E-state index in [1.165, 1.54) is 13.2 Å². The van der Waals surface area contributed by atoms with Crippen molar-refractivity contribution in [3.8, 4) is 17.2 Å². The molecule has 1 aliphatic heterocycles. The molecule has 1 amide bonds. The van der Waals surface area contributed by atoms with E-state index in [2.05, 4.69) is 14.9 Å². The van der Waals surface area contributed by atoms with Gasteiger partial charge in [0, 0.05) is 55.6 Å². The molecule has 1 heterocycles. The van der Waals surface area contributed by atoms with E-state index in [4.69, 9.17) is 14.2 Å². The number of nitrogens with zero attached hydrogens (tertiary/aromatic N) is 2. The summed E-state index contributed by atoms with van der Waals surface area (Å²) in [6.07, 6.45) is 0. The summed E-state index contributed by atoms with van der Waals surface area (Å²) in [5, 5.41) is 3.23. The number of sulfonamides is 1. The molecule has 1 saturated heterocycles. The second-order valence-corrected chi connectivity index (χ2v) is 11.8. The Bertz CT molecular complexity index is 1700. The molecule has 0 aliphatic carbocycles. The molecule has 230 valence electrons. The molecule has 1 fully saturated rings. The first kappa shape index (κ1) is 30.6. The van der Waals surface area contributed by atoms with Crippen molar-refractivity contribution in [1.29, 1.82) is 0 Å². The van der Waals surface area contributed by atoms with Crippen molar-refractivity contribution >= 4 is 33.0 Å². The third kappa shape index (κ3) is 7.00. The molecule has 0 radical (unpaired) electrons. The number of benzene rings is 4. The van der Waals surface area contributed by atoms with Crippen molar-refractivity contribution in [2.75, 3.05) is 62.4 Å². The van der Waals surface area contributed by atoms with Crippen molar-refractivity contribution in [2.24, 2.45) is 0 Å². The van der Waals surface area contributed by atoms with Gasteiger partial charge in [-0.05, 0) is 60.7 Å². The Morgan fingerprint density at radius 1 is 0.773 bits per heavy atom. The highest BCUT2D eigenvalue weighted by atomic mass is 32.2. The van der Waals surface area contributed by atoms with Crippen molar-refractivity contribution in [3.63, 3.8) is 0 Å². The van der Waals surface area contributed by atoms with Gasteiger partial charge in [-0.25, -0.2) is 8.42 Å². The zero-order valence-electron chi connectivity index (χ0n) is 24.9. The van der Waals surface area contributed by atoms with Gasteiger partial charge in [-0.2, -0.15) is 0 Å². The van der Waals surface area contributed by atoms with Gasteiger partial charge in [0.05, 0.1) is 32.7 Å². The van der Waals surface area contributed by atoms with Crippen LogP contribution in [0.4, 0.5) is 17.1 Å². The molecule has 0 aromatic heterocycles. The van der Waals surface area contributed by atoms with E-state index < -0.39 is 10.0 Å². The first-order valence-electron chi connectivity index (χ1n) is 14.2. The Hall–Kier alpha value is -4.90. The fourth-order valence-corrected chi connectivity index (χ4v) is 6.36. The van der Waals surface area contributed by atoms with E-state index in [0.717, 1.165) is 17.0 Å². The van der Waals surface area contributed by atoms with Crippen LogP contribution in [0.15, 0.2) is 95.9 Å². The number of ether oxygens (including phenoxy) is 3. The van der Waals surface area contributed by atoms with Crippen LogP contribution in [0.3, 0.4) is 0 Å². The monoisotopic (exact) mass is 616 g/mol. The number of para-hydroxylation sites is 1. The number of anilines is 3. The standard InChI is InChI=1S/C33H36N4O6S/c1-41-28-14-12-27(13-15-28)36-17-19-37(20-18-36)33(38)24-11-16-30(34-23-25-7-4-5-10-31(25)43-3)32(21-24)44(39,40)35-26-8-6-9-29(22-26)42-2/h4-16,21-22,34-35H,17-20,23H2,1-3H3. The lowest BCUT2D eigenvalue weighted by Crippen LogP contribution is -2.48. The van der Waals surface area contributed by atoms with Gasteiger partial charge < -0.3 is 29.3 Å². The number of hydrogen-bond acceptors (Lipinski definition) is 8. The van der Waals surface area contributed by atoms with Gasteiger partial charge in [0.2, 0.25) is 0 Å². The van der Waals surface area contributed by atoms with E-state index in [9.17, 15) is 13.2 Å². The summed E-state index contributed by atoms with van der Waals surface area (Å²) in [7, 11) is 0.619. The number of piperazine rings is 1. The normalized spacial score (nSPS) is 13.2. The maximum Gasteiger partial charge on any atom is 0.263 e. The highest BCUT2D eigenvalue weighted by Gasteiger charge is 2.26. The minimum Gasteiger partial charge on any atom is -0.497 e. The maximum absolute atomic E-state index is 13.8. The molecular formula is C33H36N4O6S. The average Bonchev–Trinajstić information content (AvgIpc) is 3.07. The van der Waals surface area contributed by atoms with Crippen LogP contribution in [-0.4, -0.2) is 66.7 Å². The molecule has 2 N–H and O–H groups in total. The van der Waals surface area contributed by atoms with Crippen LogP contribution in [0.2, 0.25) is 0 Å². The first-order valence-corrected chi connectivity index (χ1v) is 15.6. The second-order valence-electron chi connectivity index (χ2n) is 10.2. The van der Waals surface area contributed by atoms with Crippen LogP contribution in [0.25, 0.3) is 0 Å². The number of amides is 1. The molecule has 0 saturated carbocycles. The number of nitrogens with one attached hydrogen (secondary N) is 2.